The molecule has 0 spiro atoms. The Bertz CT molecular complexity index is 440. The van der Waals surface area contributed by atoms with Crippen molar-refractivity contribution in [1.29, 1.82) is 0 Å². The average molecular weight is 250 g/mol. The maximum atomic E-state index is 5.93. The zero-order valence-electron chi connectivity index (χ0n) is 11.3. The molecule has 1 aliphatic carbocycles. The third-order valence-electron chi connectivity index (χ3n) is 4.43. The molecule has 5 heteroatoms. The Labute approximate surface area is 108 Å². The quantitative estimate of drug-likeness (QED) is 0.885. The van der Waals surface area contributed by atoms with Gasteiger partial charge in [-0.15, -0.1) is 10.2 Å². The standard InChI is InChI=1S/C13H22N4O/c1-7-8(2)18-9(3)12(7)13-16-15-11(6-14)17(13)10-4-5-10/h7-10,12H,4-6,14H2,1-3H3. The van der Waals surface area contributed by atoms with E-state index in [-0.39, 0.29) is 12.2 Å². The molecule has 2 heterocycles. The minimum Gasteiger partial charge on any atom is -0.374 e. The molecule has 2 fully saturated rings. The minimum absolute atomic E-state index is 0.210. The van der Waals surface area contributed by atoms with Crippen molar-refractivity contribution in [2.45, 2.75) is 64.3 Å². The van der Waals surface area contributed by atoms with Crippen LogP contribution in [0, 0.1) is 5.92 Å². The summed E-state index contributed by atoms with van der Waals surface area (Å²) in [5, 5.41) is 8.69. The molecular formula is C13H22N4O. The maximum Gasteiger partial charge on any atom is 0.147 e. The number of nitrogens with two attached hydrogens (primary N) is 1. The van der Waals surface area contributed by atoms with Crippen LogP contribution in [0.1, 0.15) is 57.2 Å². The first-order valence-electron chi connectivity index (χ1n) is 6.92. The fourth-order valence-electron chi connectivity index (χ4n) is 3.15. The largest absolute Gasteiger partial charge is 0.374 e. The number of rotatable bonds is 3. The van der Waals surface area contributed by atoms with Crippen LogP contribution in [0.15, 0.2) is 0 Å². The van der Waals surface area contributed by atoms with Crippen molar-refractivity contribution >= 4 is 0 Å². The van der Waals surface area contributed by atoms with Crippen molar-refractivity contribution in [2.24, 2.45) is 11.7 Å². The molecular weight excluding hydrogens is 228 g/mol. The van der Waals surface area contributed by atoms with E-state index in [0.29, 0.717) is 24.4 Å². The third-order valence-corrected chi connectivity index (χ3v) is 4.43. The Balaban J connectivity index is 1.98. The number of hydrogen-bond donors (Lipinski definition) is 1. The van der Waals surface area contributed by atoms with Crippen LogP contribution in [0.2, 0.25) is 0 Å². The molecule has 1 saturated carbocycles. The molecule has 0 bridgehead atoms. The van der Waals surface area contributed by atoms with E-state index in [4.69, 9.17) is 10.5 Å². The first-order chi connectivity index (χ1) is 8.63. The summed E-state index contributed by atoms with van der Waals surface area (Å²) in [4.78, 5) is 0. The lowest BCUT2D eigenvalue weighted by atomic mass is 9.89. The summed E-state index contributed by atoms with van der Waals surface area (Å²) in [5.74, 6) is 2.83. The van der Waals surface area contributed by atoms with Crippen LogP contribution in [-0.2, 0) is 11.3 Å². The number of nitrogens with zero attached hydrogens (tertiary/aromatic N) is 3. The highest BCUT2D eigenvalue weighted by Gasteiger charge is 2.43. The lowest BCUT2D eigenvalue weighted by Gasteiger charge is -2.19. The molecule has 5 nitrogen and oxygen atoms in total. The van der Waals surface area contributed by atoms with Crippen molar-refractivity contribution in [1.82, 2.24) is 14.8 Å². The molecule has 2 aliphatic rings. The summed E-state index contributed by atoms with van der Waals surface area (Å²) in [6, 6.07) is 0.573. The molecule has 4 unspecified atom stereocenters. The molecule has 18 heavy (non-hydrogen) atoms. The monoisotopic (exact) mass is 250 g/mol. The number of hydrogen-bond acceptors (Lipinski definition) is 4. The number of aromatic nitrogens is 3. The zero-order valence-corrected chi connectivity index (χ0v) is 11.3. The molecule has 0 radical (unpaired) electrons. The average Bonchev–Trinajstić information content (AvgIpc) is 3.04. The van der Waals surface area contributed by atoms with E-state index in [9.17, 15) is 0 Å². The van der Waals surface area contributed by atoms with Crippen LogP contribution in [0.5, 0.6) is 0 Å². The van der Waals surface area contributed by atoms with Gasteiger partial charge in [0.05, 0.1) is 24.7 Å². The first-order valence-corrected chi connectivity index (χ1v) is 6.92. The number of ether oxygens (including phenoxy) is 1. The second kappa shape index (κ2) is 4.31. The molecule has 1 aromatic heterocycles. The second-order valence-electron chi connectivity index (χ2n) is 5.71. The molecule has 0 aromatic carbocycles. The van der Waals surface area contributed by atoms with Crippen molar-refractivity contribution in [3.05, 3.63) is 11.6 Å². The molecule has 4 atom stereocenters. The molecule has 0 amide bonds. The molecule has 100 valence electrons. The molecule has 2 N–H and O–H groups in total. The highest BCUT2D eigenvalue weighted by molar-refractivity contribution is 5.12. The Morgan fingerprint density at radius 2 is 1.94 bits per heavy atom. The summed E-state index contributed by atoms with van der Waals surface area (Å²) < 4.78 is 8.20. The normalized spacial score (nSPS) is 36.2. The van der Waals surface area contributed by atoms with Gasteiger partial charge in [-0.3, -0.25) is 0 Å². The molecule has 1 aromatic rings. The Kier molecular flexibility index (Phi) is 2.90. The van der Waals surface area contributed by atoms with Gasteiger partial charge in [-0.2, -0.15) is 0 Å². The second-order valence-corrected chi connectivity index (χ2v) is 5.71. The predicted molar refractivity (Wildman–Crippen MR) is 68.1 cm³/mol. The van der Waals surface area contributed by atoms with Gasteiger partial charge in [-0.05, 0) is 32.6 Å². The van der Waals surface area contributed by atoms with E-state index in [1.54, 1.807) is 0 Å². The topological polar surface area (TPSA) is 66.0 Å². The van der Waals surface area contributed by atoms with Gasteiger partial charge >= 0.3 is 0 Å². The van der Waals surface area contributed by atoms with Crippen LogP contribution in [0.3, 0.4) is 0 Å². The lowest BCUT2D eigenvalue weighted by Crippen LogP contribution is -2.21. The van der Waals surface area contributed by atoms with Gasteiger partial charge in [0.15, 0.2) is 0 Å². The van der Waals surface area contributed by atoms with Crippen LogP contribution in [-0.4, -0.2) is 27.0 Å². The highest BCUT2D eigenvalue weighted by atomic mass is 16.5. The summed E-state index contributed by atoms with van der Waals surface area (Å²) in [5.41, 5.74) is 5.77. The predicted octanol–water partition coefficient (Wildman–Crippen LogP) is 1.60. The third kappa shape index (κ3) is 1.77. The molecule has 1 saturated heterocycles. The van der Waals surface area contributed by atoms with E-state index >= 15 is 0 Å². The van der Waals surface area contributed by atoms with Crippen LogP contribution >= 0.6 is 0 Å². The SMILES string of the molecule is CC1OC(C)C(c2nnc(CN)n2C2CC2)C1C. The highest BCUT2D eigenvalue weighted by Crippen LogP contribution is 2.43. The van der Waals surface area contributed by atoms with E-state index in [2.05, 4.69) is 35.5 Å². The van der Waals surface area contributed by atoms with Gasteiger partial charge < -0.3 is 15.0 Å². The Hall–Kier alpha value is -0.940. The van der Waals surface area contributed by atoms with Crippen LogP contribution in [0.4, 0.5) is 0 Å². The van der Waals surface area contributed by atoms with Gasteiger partial charge in [0.25, 0.3) is 0 Å². The van der Waals surface area contributed by atoms with Crippen molar-refractivity contribution in [3.8, 4) is 0 Å². The minimum atomic E-state index is 0.210. The summed E-state index contributed by atoms with van der Waals surface area (Å²) in [6.45, 7) is 6.99. The van der Waals surface area contributed by atoms with Crippen molar-refractivity contribution in [3.63, 3.8) is 0 Å². The van der Waals surface area contributed by atoms with Gasteiger partial charge in [0, 0.05) is 6.04 Å². The fraction of sp³-hybridized carbons (Fsp3) is 0.846. The first kappa shape index (κ1) is 12.1. The van der Waals surface area contributed by atoms with Crippen LogP contribution in [0.25, 0.3) is 0 Å². The summed E-state index contributed by atoms with van der Waals surface area (Å²) >= 11 is 0. The van der Waals surface area contributed by atoms with Crippen LogP contribution < -0.4 is 5.73 Å². The summed E-state index contributed by atoms with van der Waals surface area (Å²) in [6.07, 6.45) is 2.95. The van der Waals surface area contributed by atoms with Gasteiger partial charge in [-0.25, -0.2) is 0 Å². The van der Waals surface area contributed by atoms with Gasteiger partial charge in [0.1, 0.15) is 11.6 Å². The lowest BCUT2D eigenvalue weighted by molar-refractivity contribution is 0.0551. The Morgan fingerprint density at radius 3 is 2.44 bits per heavy atom. The van der Waals surface area contributed by atoms with Gasteiger partial charge in [-0.1, -0.05) is 6.92 Å². The maximum absolute atomic E-state index is 5.93. The van der Waals surface area contributed by atoms with Crippen molar-refractivity contribution in [2.75, 3.05) is 0 Å². The smallest absolute Gasteiger partial charge is 0.147 e. The summed E-state index contributed by atoms with van der Waals surface area (Å²) in [7, 11) is 0. The van der Waals surface area contributed by atoms with E-state index in [1.807, 2.05) is 0 Å². The van der Waals surface area contributed by atoms with Crippen molar-refractivity contribution < 1.29 is 4.74 Å². The van der Waals surface area contributed by atoms with Gasteiger partial charge in [0.2, 0.25) is 0 Å². The molecule has 1 aliphatic heterocycles. The molecule has 3 rings (SSSR count). The zero-order chi connectivity index (χ0) is 12.9. The fourth-order valence-corrected chi connectivity index (χ4v) is 3.15. The van der Waals surface area contributed by atoms with E-state index in [0.717, 1.165) is 11.6 Å². The van der Waals surface area contributed by atoms with E-state index < -0.39 is 0 Å². The Morgan fingerprint density at radius 1 is 1.22 bits per heavy atom. The van der Waals surface area contributed by atoms with E-state index in [1.165, 1.54) is 12.8 Å².